The smallest absolute Gasteiger partial charge is 0.277 e. The standard InChI is InChI=1S/C20H20ClN3O3S/c1-12-4-5-13(2)17(10-12)26-11-18-23-24-20(27-18)28-14(3)19(25)22-16-8-6-15(21)7-9-16/h4-10,14H,11H2,1-3H3,(H,22,25). The van der Waals surface area contributed by atoms with E-state index in [1.807, 2.05) is 32.0 Å². The first-order valence-corrected chi connectivity index (χ1v) is 9.92. The van der Waals surface area contributed by atoms with Crippen molar-refractivity contribution >= 4 is 35.0 Å². The van der Waals surface area contributed by atoms with E-state index in [2.05, 4.69) is 15.5 Å². The lowest BCUT2D eigenvalue weighted by Crippen LogP contribution is -2.22. The summed E-state index contributed by atoms with van der Waals surface area (Å²) in [5, 5.41) is 11.3. The van der Waals surface area contributed by atoms with Crippen LogP contribution in [0.5, 0.6) is 5.75 Å². The van der Waals surface area contributed by atoms with Gasteiger partial charge in [0, 0.05) is 10.7 Å². The van der Waals surface area contributed by atoms with Crippen LogP contribution >= 0.6 is 23.4 Å². The Kier molecular flexibility index (Phi) is 6.59. The number of carbonyl (C=O) groups is 1. The molecule has 0 radical (unpaired) electrons. The zero-order valence-electron chi connectivity index (χ0n) is 15.7. The molecule has 2 aromatic carbocycles. The predicted molar refractivity (Wildman–Crippen MR) is 110 cm³/mol. The van der Waals surface area contributed by atoms with Crippen LogP contribution < -0.4 is 10.1 Å². The van der Waals surface area contributed by atoms with E-state index in [1.54, 1.807) is 31.2 Å². The highest BCUT2D eigenvalue weighted by Crippen LogP contribution is 2.25. The van der Waals surface area contributed by atoms with Gasteiger partial charge in [-0.2, -0.15) is 0 Å². The highest BCUT2D eigenvalue weighted by atomic mass is 35.5. The molecule has 0 saturated carbocycles. The summed E-state index contributed by atoms with van der Waals surface area (Å²) in [7, 11) is 0. The number of nitrogens with zero attached hydrogens (tertiary/aromatic N) is 2. The number of nitrogens with one attached hydrogen (secondary N) is 1. The highest BCUT2D eigenvalue weighted by Gasteiger charge is 2.18. The molecule has 3 rings (SSSR count). The Hall–Kier alpha value is -2.51. The van der Waals surface area contributed by atoms with Gasteiger partial charge in [-0.05, 0) is 62.2 Å². The van der Waals surface area contributed by atoms with Gasteiger partial charge < -0.3 is 14.5 Å². The lowest BCUT2D eigenvalue weighted by Gasteiger charge is -2.10. The fourth-order valence-corrected chi connectivity index (χ4v) is 3.15. The first-order valence-electron chi connectivity index (χ1n) is 8.66. The van der Waals surface area contributed by atoms with Crippen LogP contribution in [0.2, 0.25) is 5.02 Å². The monoisotopic (exact) mass is 417 g/mol. The number of aromatic nitrogens is 2. The zero-order valence-corrected chi connectivity index (χ0v) is 17.3. The number of carbonyl (C=O) groups excluding carboxylic acids is 1. The molecule has 1 atom stereocenters. The first kappa shape index (κ1) is 20.2. The van der Waals surface area contributed by atoms with Gasteiger partial charge in [-0.15, -0.1) is 10.2 Å². The molecule has 0 bridgehead atoms. The van der Waals surface area contributed by atoms with Crippen molar-refractivity contribution in [1.82, 2.24) is 10.2 Å². The molecule has 0 saturated heterocycles. The second-order valence-corrected chi connectivity index (χ2v) is 8.00. The summed E-state index contributed by atoms with van der Waals surface area (Å²) in [4.78, 5) is 12.3. The molecule has 1 N–H and O–H groups in total. The van der Waals surface area contributed by atoms with E-state index in [0.29, 0.717) is 21.8 Å². The summed E-state index contributed by atoms with van der Waals surface area (Å²) >= 11 is 7.04. The van der Waals surface area contributed by atoms with Crippen molar-refractivity contribution < 1.29 is 13.9 Å². The quantitative estimate of drug-likeness (QED) is 0.543. The maximum atomic E-state index is 12.3. The lowest BCUT2D eigenvalue weighted by molar-refractivity contribution is -0.115. The molecule has 1 unspecified atom stereocenters. The maximum Gasteiger partial charge on any atom is 0.277 e. The van der Waals surface area contributed by atoms with Crippen molar-refractivity contribution in [1.29, 1.82) is 0 Å². The van der Waals surface area contributed by atoms with Gasteiger partial charge in [0.15, 0.2) is 6.61 Å². The third kappa shape index (κ3) is 5.50. The van der Waals surface area contributed by atoms with Gasteiger partial charge in [0.2, 0.25) is 5.91 Å². The minimum Gasteiger partial charge on any atom is -0.484 e. The summed E-state index contributed by atoms with van der Waals surface area (Å²) in [5.41, 5.74) is 2.82. The summed E-state index contributed by atoms with van der Waals surface area (Å²) in [6.07, 6.45) is 0. The predicted octanol–water partition coefficient (Wildman–Crippen LogP) is 5.04. The van der Waals surface area contributed by atoms with Gasteiger partial charge in [-0.3, -0.25) is 4.79 Å². The van der Waals surface area contributed by atoms with E-state index < -0.39 is 5.25 Å². The van der Waals surface area contributed by atoms with Crippen molar-refractivity contribution in [2.24, 2.45) is 0 Å². The number of benzene rings is 2. The third-order valence-electron chi connectivity index (χ3n) is 3.90. The fraction of sp³-hybridized carbons (Fsp3) is 0.250. The Bertz CT molecular complexity index is 960. The van der Waals surface area contributed by atoms with Crippen LogP contribution in [0.25, 0.3) is 0 Å². The van der Waals surface area contributed by atoms with E-state index in [-0.39, 0.29) is 12.5 Å². The molecule has 3 aromatic rings. The third-order valence-corrected chi connectivity index (χ3v) is 5.09. The molecular formula is C20H20ClN3O3S. The number of halogens is 1. The van der Waals surface area contributed by atoms with Gasteiger partial charge in [-0.1, -0.05) is 35.5 Å². The van der Waals surface area contributed by atoms with E-state index in [0.717, 1.165) is 16.9 Å². The Morgan fingerprint density at radius 2 is 1.96 bits per heavy atom. The molecule has 0 aliphatic carbocycles. The lowest BCUT2D eigenvalue weighted by atomic mass is 10.1. The van der Waals surface area contributed by atoms with E-state index in [4.69, 9.17) is 20.8 Å². The molecule has 1 aromatic heterocycles. The molecule has 1 heterocycles. The van der Waals surface area contributed by atoms with Gasteiger partial charge in [0.05, 0.1) is 5.25 Å². The number of anilines is 1. The largest absolute Gasteiger partial charge is 0.484 e. The van der Waals surface area contributed by atoms with Crippen molar-refractivity contribution in [2.75, 3.05) is 5.32 Å². The first-order chi connectivity index (χ1) is 13.4. The van der Waals surface area contributed by atoms with Crippen molar-refractivity contribution in [2.45, 2.75) is 37.9 Å². The van der Waals surface area contributed by atoms with Crippen LogP contribution in [0.3, 0.4) is 0 Å². The minimum absolute atomic E-state index is 0.168. The summed E-state index contributed by atoms with van der Waals surface area (Å²) in [6, 6.07) is 12.9. The van der Waals surface area contributed by atoms with Crippen molar-refractivity contribution in [3.8, 4) is 5.75 Å². The average Bonchev–Trinajstić information content (AvgIpc) is 3.11. The van der Waals surface area contributed by atoms with Crippen LogP contribution in [-0.2, 0) is 11.4 Å². The summed E-state index contributed by atoms with van der Waals surface area (Å²) in [5.74, 6) is 0.968. The number of rotatable bonds is 7. The van der Waals surface area contributed by atoms with Gasteiger partial charge >= 0.3 is 0 Å². The van der Waals surface area contributed by atoms with Gasteiger partial charge in [0.25, 0.3) is 11.1 Å². The molecule has 0 spiro atoms. The minimum atomic E-state index is -0.413. The van der Waals surface area contributed by atoms with Gasteiger partial charge in [0.1, 0.15) is 5.75 Å². The van der Waals surface area contributed by atoms with Gasteiger partial charge in [-0.25, -0.2) is 0 Å². The molecule has 28 heavy (non-hydrogen) atoms. The Balaban J connectivity index is 1.54. The molecular weight excluding hydrogens is 398 g/mol. The number of ether oxygens (including phenoxy) is 1. The Morgan fingerprint density at radius 1 is 1.21 bits per heavy atom. The van der Waals surface area contributed by atoms with Crippen LogP contribution in [0.1, 0.15) is 23.9 Å². The zero-order chi connectivity index (χ0) is 20.1. The highest BCUT2D eigenvalue weighted by molar-refractivity contribution is 8.00. The van der Waals surface area contributed by atoms with Crippen LogP contribution in [0.4, 0.5) is 5.69 Å². The number of hydrogen-bond donors (Lipinski definition) is 1. The normalized spacial score (nSPS) is 11.9. The Morgan fingerprint density at radius 3 is 2.71 bits per heavy atom. The Labute approximate surface area is 172 Å². The average molecular weight is 418 g/mol. The fourth-order valence-electron chi connectivity index (χ4n) is 2.33. The molecule has 6 nitrogen and oxygen atoms in total. The van der Waals surface area contributed by atoms with Crippen molar-refractivity contribution in [3.05, 3.63) is 64.5 Å². The van der Waals surface area contributed by atoms with E-state index in [1.165, 1.54) is 11.8 Å². The molecule has 0 aliphatic rings. The topological polar surface area (TPSA) is 77.2 Å². The number of hydrogen-bond acceptors (Lipinski definition) is 6. The second kappa shape index (κ2) is 9.12. The van der Waals surface area contributed by atoms with Crippen LogP contribution in [-0.4, -0.2) is 21.4 Å². The molecule has 146 valence electrons. The van der Waals surface area contributed by atoms with Crippen molar-refractivity contribution in [3.63, 3.8) is 0 Å². The molecule has 1 amide bonds. The molecule has 8 heteroatoms. The summed E-state index contributed by atoms with van der Waals surface area (Å²) in [6.45, 7) is 5.92. The number of amides is 1. The van der Waals surface area contributed by atoms with Crippen LogP contribution in [0, 0.1) is 13.8 Å². The molecule has 0 aliphatic heterocycles. The van der Waals surface area contributed by atoms with E-state index >= 15 is 0 Å². The van der Waals surface area contributed by atoms with E-state index in [9.17, 15) is 4.79 Å². The van der Waals surface area contributed by atoms with Crippen LogP contribution in [0.15, 0.2) is 52.1 Å². The second-order valence-electron chi connectivity index (χ2n) is 6.28. The summed E-state index contributed by atoms with van der Waals surface area (Å²) < 4.78 is 11.3. The molecule has 0 fully saturated rings. The SMILES string of the molecule is Cc1ccc(C)c(OCc2nnc(SC(C)C(=O)Nc3ccc(Cl)cc3)o2)c1. The maximum absolute atomic E-state index is 12.3. The number of thioether (sulfide) groups is 1. The number of aryl methyl sites for hydroxylation is 2.